The summed E-state index contributed by atoms with van der Waals surface area (Å²) in [5.41, 5.74) is 2.56. The van der Waals surface area contributed by atoms with E-state index in [0.29, 0.717) is 5.56 Å². The highest BCUT2D eigenvalue weighted by Gasteiger charge is 2.07. The van der Waals surface area contributed by atoms with Crippen molar-refractivity contribution in [2.24, 2.45) is 0 Å². The van der Waals surface area contributed by atoms with Gasteiger partial charge in [-0.15, -0.1) is 0 Å². The third kappa shape index (κ3) is 5.58. The molecule has 0 atom stereocenters. The van der Waals surface area contributed by atoms with Crippen molar-refractivity contribution in [1.82, 2.24) is 10.0 Å². The van der Waals surface area contributed by atoms with Crippen LogP contribution in [0.1, 0.15) is 22.8 Å². The van der Waals surface area contributed by atoms with Gasteiger partial charge in [-0.3, -0.25) is 4.79 Å². The van der Waals surface area contributed by atoms with Crippen molar-refractivity contribution in [3.8, 4) is 0 Å². The number of carbonyl (C=O) groups is 1. The topological polar surface area (TPSA) is 87.3 Å². The van der Waals surface area contributed by atoms with Gasteiger partial charge >= 0.3 is 0 Å². The van der Waals surface area contributed by atoms with Crippen LogP contribution in [0.4, 0.5) is 5.69 Å². The molecule has 1 aromatic carbocycles. The van der Waals surface area contributed by atoms with Gasteiger partial charge in [-0.2, -0.15) is 0 Å². The maximum atomic E-state index is 11.9. The summed E-state index contributed by atoms with van der Waals surface area (Å²) in [7, 11) is -3.21. The molecule has 0 radical (unpaired) electrons. The number of carbonyl (C=O) groups excluding carboxylic acids is 1. The second kappa shape index (κ2) is 7.25. The lowest BCUT2D eigenvalue weighted by molar-refractivity contribution is 0.0954. The average molecular weight is 299 g/mol. The molecule has 6 nitrogen and oxygen atoms in total. The molecule has 0 aliphatic rings. The minimum absolute atomic E-state index is 0.180. The highest BCUT2D eigenvalue weighted by atomic mass is 32.2. The van der Waals surface area contributed by atoms with Crippen molar-refractivity contribution < 1.29 is 13.2 Å². The number of sulfonamides is 1. The normalized spacial score (nSPS) is 11.2. The van der Waals surface area contributed by atoms with Crippen LogP contribution >= 0.6 is 0 Å². The second-order valence-corrected chi connectivity index (χ2v) is 6.32. The zero-order chi connectivity index (χ0) is 15.2. The van der Waals surface area contributed by atoms with E-state index in [4.69, 9.17) is 0 Å². The Balaban J connectivity index is 2.53. The van der Waals surface area contributed by atoms with Gasteiger partial charge in [-0.1, -0.05) is 0 Å². The van der Waals surface area contributed by atoms with Crippen molar-refractivity contribution in [3.05, 3.63) is 29.3 Å². The zero-order valence-electron chi connectivity index (χ0n) is 12.0. The van der Waals surface area contributed by atoms with Crippen LogP contribution in [0.3, 0.4) is 0 Å². The van der Waals surface area contributed by atoms with Crippen LogP contribution in [0.15, 0.2) is 18.2 Å². The first-order valence-electron chi connectivity index (χ1n) is 6.41. The molecule has 0 bridgehead atoms. The molecule has 0 spiro atoms. The first kappa shape index (κ1) is 16.5. The summed E-state index contributed by atoms with van der Waals surface area (Å²) in [4.78, 5) is 11.9. The molecule has 20 heavy (non-hydrogen) atoms. The quantitative estimate of drug-likeness (QED) is 0.647. The summed E-state index contributed by atoms with van der Waals surface area (Å²) >= 11 is 0. The first-order valence-corrected chi connectivity index (χ1v) is 8.30. The SMILES string of the molecule is CCNc1ccc(C(=O)NCCNS(C)(=O)=O)cc1C. The van der Waals surface area contributed by atoms with Crippen molar-refractivity contribution in [1.29, 1.82) is 0 Å². The lowest BCUT2D eigenvalue weighted by Gasteiger charge is -2.10. The summed E-state index contributed by atoms with van der Waals surface area (Å²) in [5, 5.41) is 5.87. The van der Waals surface area contributed by atoms with E-state index < -0.39 is 10.0 Å². The third-order valence-corrected chi connectivity index (χ3v) is 3.36. The lowest BCUT2D eigenvalue weighted by Crippen LogP contribution is -2.34. The van der Waals surface area contributed by atoms with Gasteiger partial charge in [0.2, 0.25) is 10.0 Å². The van der Waals surface area contributed by atoms with Crippen LogP contribution in [-0.2, 0) is 10.0 Å². The van der Waals surface area contributed by atoms with E-state index in [0.717, 1.165) is 24.1 Å². The largest absolute Gasteiger partial charge is 0.385 e. The monoisotopic (exact) mass is 299 g/mol. The van der Waals surface area contributed by atoms with Crippen LogP contribution in [0.25, 0.3) is 0 Å². The maximum absolute atomic E-state index is 11.9. The third-order valence-electron chi connectivity index (χ3n) is 2.63. The molecular weight excluding hydrogens is 278 g/mol. The highest BCUT2D eigenvalue weighted by Crippen LogP contribution is 2.16. The van der Waals surface area contributed by atoms with Crippen LogP contribution in [0.5, 0.6) is 0 Å². The van der Waals surface area contributed by atoms with E-state index in [1.807, 2.05) is 19.9 Å². The molecule has 0 aliphatic heterocycles. The molecule has 0 aliphatic carbocycles. The molecule has 1 amide bonds. The van der Waals surface area contributed by atoms with E-state index >= 15 is 0 Å². The first-order chi connectivity index (χ1) is 9.33. The Labute approximate surface area is 120 Å². The predicted molar refractivity (Wildman–Crippen MR) is 80.5 cm³/mol. The van der Waals surface area contributed by atoms with Gasteiger partial charge in [0.25, 0.3) is 5.91 Å². The van der Waals surface area contributed by atoms with Gasteiger partial charge in [0, 0.05) is 30.9 Å². The Hall–Kier alpha value is -1.60. The van der Waals surface area contributed by atoms with Gasteiger partial charge in [0.15, 0.2) is 0 Å². The summed E-state index contributed by atoms with van der Waals surface area (Å²) < 4.78 is 24.0. The fourth-order valence-corrected chi connectivity index (χ4v) is 2.18. The number of hydrogen-bond donors (Lipinski definition) is 3. The molecule has 3 N–H and O–H groups in total. The summed E-state index contributed by atoms with van der Waals surface area (Å²) in [6, 6.07) is 5.41. The molecule has 0 unspecified atom stereocenters. The molecule has 1 aromatic rings. The van der Waals surface area contributed by atoms with Gasteiger partial charge in [0.05, 0.1) is 6.26 Å². The van der Waals surface area contributed by atoms with E-state index in [1.165, 1.54) is 0 Å². The van der Waals surface area contributed by atoms with Crippen molar-refractivity contribution in [3.63, 3.8) is 0 Å². The summed E-state index contributed by atoms with van der Waals surface area (Å²) in [5.74, 6) is -0.216. The fraction of sp³-hybridized carbons (Fsp3) is 0.462. The minimum Gasteiger partial charge on any atom is -0.385 e. The summed E-state index contributed by atoms with van der Waals surface area (Å²) in [6.45, 7) is 5.19. The molecule has 0 heterocycles. The summed E-state index contributed by atoms with van der Waals surface area (Å²) in [6.07, 6.45) is 1.08. The lowest BCUT2D eigenvalue weighted by atomic mass is 10.1. The number of aryl methyl sites for hydroxylation is 1. The molecular formula is C13H21N3O3S. The predicted octanol–water partition coefficient (Wildman–Crippen LogP) is 0.706. The molecule has 0 saturated heterocycles. The van der Waals surface area contributed by atoms with Gasteiger partial charge in [-0.05, 0) is 37.6 Å². The Bertz CT molecular complexity index is 570. The van der Waals surface area contributed by atoms with E-state index in [2.05, 4.69) is 15.4 Å². The van der Waals surface area contributed by atoms with Crippen LogP contribution in [-0.4, -0.2) is 40.2 Å². The van der Waals surface area contributed by atoms with E-state index in [-0.39, 0.29) is 19.0 Å². The Morgan fingerprint density at radius 1 is 1.25 bits per heavy atom. The number of benzene rings is 1. The highest BCUT2D eigenvalue weighted by molar-refractivity contribution is 7.88. The van der Waals surface area contributed by atoms with Crippen molar-refractivity contribution in [2.45, 2.75) is 13.8 Å². The standard InChI is InChI=1S/C13H21N3O3S/c1-4-14-12-6-5-11(9-10(12)2)13(17)15-7-8-16-20(3,18)19/h5-6,9,14,16H,4,7-8H2,1-3H3,(H,15,17). The Morgan fingerprint density at radius 3 is 2.50 bits per heavy atom. The number of hydrogen-bond acceptors (Lipinski definition) is 4. The van der Waals surface area contributed by atoms with Crippen LogP contribution in [0.2, 0.25) is 0 Å². The second-order valence-electron chi connectivity index (χ2n) is 4.48. The molecule has 0 saturated carbocycles. The minimum atomic E-state index is -3.21. The van der Waals surface area contributed by atoms with E-state index in [9.17, 15) is 13.2 Å². The van der Waals surface area contributed by atoms with Crippen LogP contribution in [0, 0.1) is 6.92 Å². The number of rotatable bonds is 7. The van der Waals surface area contributed by atoms with Crippen LogP contribution < -0.4 is 15.4 Å². The molecule has 7 heteroatoms. The van der Waals surface area contributed by atoms with E-state index in [1.54, 1.807) is 12.1 Å². The zero-order valence-corrected chi connectivity index (χ0v) is 12.8. The molecule has 1 rings (SSSR count). The number of amides is 1. The van der Waals surface area contributed by atoms with Gasteiger partial charge < -0.3 is 10.6 Å². The number of anilines is 1. The fourth-order valence-electron chi connectivity index (χ4n) is 1.71. The van der Waals surface area contributed by atoms with Crippen molar-refractivity contribution >= 4 is 21.6 Å². The Morgan fingerprint density at radius 2 is 1.95 bits per heavy atom. The maximum Gasteiger partial charge on any atom is 0.251 e. The van der Waals surface area contributed by atoms with Gasteiger partial charge in [-0.25, -0.2) is 13.1 Å². The molecule has 0 fully saturated rings. The molecule has 0 aromatic heterocycles. The molecule has 112 valence electrons. The average Bonchev–Trinajstić information content (AvgIpc) is 2.36. The number of nitrogens with one attached hydrogen (secondary N) is 3. The van der Waals surface area contributed by atoms with Crippen molar-refractivity contribution in [2.75, 3.05) is 31.2 Å². The Kier molecular flexibility index (Phi) is 5.97. The smallest absolute Gasteiger partial charge is 0.251 e. The van der Waals surface area contributed by atoms with Gasteiger partial charge in [0.1, 0.15) is 0 Å².